The third kappa shape index (κ3) is 4.12. The number of nitrogens with two attached hydrogens (primary N) is 1. The standard InChI is InChI=1S/C13H26N2O/c1-10(2)15(3)13(16)9-6-11-4-7-12(14)8-5-11/h10-12H,4-9,14H2,1-3H3. The highest BCUT2D eigenvalue weighted by Gasteiger charge is 2.20. The average Bonchev–Trinajstić information content (AvgIpc) is 2.26. The van der Waals surface area contributed by atoms with Gasteiger partial charge in [0.1, 0.15) is 0 Å². The molecule has 1 rings (SSSR count). The highest BCUT2D eigenvalue weighted by molar-refractivity contribution is 5.76. The van der Waals surface area contributed by atoms with Crippen LogP contribution in [0.25, 0.3) is 0 Å². The van der Waals surface area contributed by atoms with E-state index in [2.05, 4.69) is 13.8 Å². The van der Waals surface area contributed by atoms with Crippen molar-refractivity contribution in [3.05, 3.63) is 0 Å². The molecule has 1 fully saturated rings. The van der Waals surface area contributed by atoms with Gasteiger partial charge in [0, 0.05) is 25.6 Å². The zero-order valence-corrected chi connectivity index (χ0v) is 10.9. The summed E-state index contributed by atoms with van der Waals surface area (Å²) in [7, 11) is 1.89. The Morgan fingerprint density at radius 2 is 1.88 bits per heavy atom. The average molecular weight is 226 g/mol. The van der Waals surface area contributed by atoms with Gasteiger partial charge in [-0.2, -0.15) is 0 Å². The van der Waals surface area contributed by atoms with E-state index < -0.39 is 0 Å². The predicted molar refractivity (Wildman–Crippen MR) is 67.1 cm³/mol. The van der Waals surface area contributed by atoms with Crippen LogP contribution in [-0.2, 0) is 4.79 Å². The fourth-order valence-electron chi connectivity index (χ4n) is 2.27. The number of hydrogen-bond acceptors (Lipinski definition) is 2. The van der Waals surface area contributed by atoms with Gasteiger partial charge < -0.3 is 10.6 Å². The highest BCUT2D eigenvalue weighted by atomic mass is 16.2. The molecule has 0 aliphatic heterocycles. The molecule has 1 saturated carbocycles. The molecule has 0 aromatic carbocycles. The van der Waals surface area contributed by atoms with Crippen molar-refractivity contribution in [2.24, 2.45) is 11.7 Å². The number of hydrogen-bond donors (Lipinski definition) is 1. The van der Waals surface area contributed by atoms with E-state index >= 15 is 0 Å². The summed E-state index contributed by atoms with van der Waals surface area (Å²) in [6.45, 7) is 4.11. The van der Waals surface area contributed by atoms with Gasteiger partial charge in [0.25, 0.3) is 0 Å². The Labute approximate surface area is 99.4 Å². The SMILES string of the molecule is CC(C)N(C)C(=O)CCC1CCC(N)CC1. The molecule has 1 aliphatic carbocycles. The van der Waals surface area contributed by atoms with E-state index in [9.17, 15) is 4.79 Å². The third-order valence-electron chi connectivity index (χ3n) is 3.83. The first-order valence-corrected chi connectivity index (χ1v) is 6.52. The smallest absolute Gasteiger partial charge is 0.222 e. The zero-order chi connectivity index (χ0) is 12.1. The molecule has 0 aromatic heterocycles. The molecule has 0 bridgehead atoms. The Bertz CT molecular complexity index is 220. The summed E-state index contributed by atoms with van der Waals surface area (Å²) in [5.74, 6) is 1.01. The second-order valence-corrected chi connectivity index (χ2v) is 5.42. The molecule has 0 aromatic rings. The molecule has 1 amide bonds. The van der Waals surface area contributed by atoms with Gasteiger partial charge in [-0.1, -0.05) is 0 Å². The number of rotatable bonds is 4. The van der Waals surface area contributed by atoms with Gasteiger partial charge in [-0.05, 0) is 51.9 Å². The van der Waals surface area contributed by atoms with E-state index in [0.29, 0.717) is 18.5 Å². The molecule has 1 aliphatic rings. The van der Waals surface area contributed by atoms with E-state index in [1.807, 2.05) is 11.9 Å². The van der Waals surface area contributed by atoms with Crippen molar-refractivity contribution >= 4 is 5.91 Å². The molecule has 3 nitrogen and oxygen atoms in total. The van der Waals surface area contributed by atoms with Gasteiger partial charge >= 0.3 is 0 Å². The van der Waals surface area contributed by atoms with Crippen LogP contribution in [0.4, 0.5) is 0 Å². The Morgan fingerprint density at radius 3 is 2.38 bits per heavy atom. The lowest BCUT2D eigenvalue weighted by Gasteiger charge is -2.27. The van der Waals surface area contributed by atoms with Crippen molar-refractivity contribution in [3.63, 3.8) is 0 Å². The van der Waals surface area contributed by atoms with Gasteiger partial charge in [0.15, 0.2) is 0 Å². The highest BCUT2D eigenvalue weighted by Crippen LogP contribution is 2.27. The van der Waals surface area contributed by atoms with Crippen LogP contribution in [-0.4, -0.2) is 29.9 Å². The molecule has 0 saturated heterocycles. The lowest BCUT2D eigenvalue weighted by atomic mass is 9.84. The minimum Gasteiger partial charge on any atom is -0.343 e. The van der Waals surface area contributed by atoms with Crippen molar-refractivity contribution in [1.29, 1.82) is 0 Å². The normalized spacial score (nSPS) is 25.8. The molecule has 0 unspecified atom stereocenters. The fourth-order valence-corrected chi connectivity index (χ4v) is 2.27. The monoisotopic (exact) mass is 226 g/mol. The van der Waals surface area contributed by atoms with Crippen LogP contribution in [0, 0.1) is 5.92 Å². The minimum atomic E-state index is 0.282. The van der Waals surface area contributed by atoms with E-state index in [0.717, 1.165) is 25.2 Å². The minimum absolute atomic E-state index is 0.282. The molecule has 0 atom stereocenters. The summed E-state index contributed by atoms with van der Waals surface area (Å²) < 4.78 is 0. The molecular formula is C13H26N2O. The summed E-state index contributed by atoms with van der Waals surface area (Å²) in [4.78, 5) is 13.6. The van der Waals surface area contributed by atoms with Gasteiger partial charge in [0.2, 0.25) is 5.91 Å². The van der Waals surface area contributed by atoms with Crippen molar-refractivity contribution in [1.82, 2.24) is 4.90 Å². The second-order valence-electron chi connectivity index (χ2n) is 5.42. The lowest BCUT2D eigenvalue weighted by molar-refractivity contribution is -0.131. The molecule has 0 radical (unpaired) electrons. The lowest BCUT2D eigenvalue weighted by Crippen LogP contribution is -2.33. The quantitative estimate of drug-likeness (QED) is 0.798. The molecule has 3 heteroatoms. The molecule has 0 spiro atoms. The van der Waals surface area contributed by atoms with Crippen LogP contribution in [0.5, 0.6) is 0 Å². The summed E-state index contributed by atoms with van der Waals surface area (Å²) in [5, 5.41) is 0. The van der Waals surface area contributed by atoms with Crippen LogP contribution in [0.15, 0.2) is 0 Å². The number of nitrogens with zero attached hydrogens (tertiary/aromatic N) is 1. The number of carbonyl (C=O) groups excluding carboxylic acids is 1. The number of carbonyl (C=O) groups is 1. The topological polar surface area (TPSA) is 46.3 Å². The first-order valence-electron chi connectivity index (χ1n) is 6.52. The van der Waals surface area contributed by atoms with E-state index in [4.69, 9.17) is 5.73 Å². The van der Waals surface area contributed by atoms with Crippen LogP contribution >= 0.6 is 0 Å². The van der Waals surface area contributed by atoms with Crippen molar-refractivity contribution in [3.8, 4) is 0 Å². The van der Waals surface area contributed by atoms with E-state index in [1.54, 1.807) is 0 Å². The maximum absolute atomic E-state index is 11.8. The molecule has 0 heterocycles. The predicted octanol–water partition coefficient (Wildman–Crippen LogP) is 2.15. The first kappa shape index (κ1) is 13.5. The Balaban J connectivity index is 2.22. The maximum atomic E-state index is 11.8. The molecular weight excluding hydrogens is 200 g/mol. The molecule has 16 heavy (non-hydrogen) atoms. The Morgan fingerprint density at radius 1 is 1.31 bits per heavy atom. The van der Waals surface area contributed by atoms with Gasteiger partial charge in [0.05, 0.1) is 0 Å². The summed E-state index contributed by atoms with van der Waals surface area (Å²) in [5.41, 5.74) is 5.87. The van der Waals surface area contributed by atoms with Crippen LogP contribution in [0.1, 0.15) is 52.4 Å². The van der Waals surface area contributed by atoms with Crippen molar-refractivity contribution < 1.29 is 4.79 Å². The second kappa shape index (κ2) is 6.24. The number of amides is 1. The van der Waals surface area contributed by atoms with Crippen molar-refractivity contribution in [2.45, 2.75) is 64.5 Å². The van der Waals surface area contributed by atoms with Crippen LogP contribution in [0.3, 0.4) is 0 Å². The summed E-state index contributed by atoms with van der Waals surface area (Å²) in [6, 6.07) is 0.720. The van der Waals surface area contributed by atoms with Gasteiger partial charge in [-0.15, -0.1) is 0 Å². The van der Waals surface area contributed by atoms with Crippen LogP contribution in [0.2, 0.25) is 0 Å². The largest absolute Gasteiger partial charge is 0.343 e. The Hall–Kier alpha value is -0.570. The maximum Gasteiger partial charge on any atom is 0.222 e. The Kier molecular flexibility index (Phi) is 5.26. The van der Waals surface area contributed by atoms with E-state index in [1.165, 1.54) is 12.8 Å². The third-order valence-corrected chi connectivity index (χ3v) is 3.83. The van der Waals surface area contributed by atoms with Gasteiger partial charge in [-0.25, -0.2) is 0 Å². The van der Waals surface area contributed by atoms with E-state index in [-0.39, 0.29) is 5.91 Å². The first-order chi connectivity index (χ1) is 7.50. The van der Waals surface area contributed by atoms with Crippen LogP contribution < -0.4 is 5.73 Å². The molecule has 94 valence electrons. The fraction of sp³-hybridized carbons (Fsp3) is 0.923. The molecule has 2 N–H and O–H groups in total. The summed E-state index contributed by atoms with van der Waals surface area (Å²) >= 11 is 0. The van der Waals surface area contributed by atoms with Gasteiger partial charge in [-0.3, -0.25) is 4.79 Å². The van der Waals surface area contributed by atoms with Crippen molar-refractivity contribution in [2.75, 3.05) is 7.05 Å². The zero-order valence-electron chi connectivity index (χ0n) is 10.9. The summed E-state index contributed by atoms with van der Waals surface area (Å²) in [6.07, 6.45) is 6.44.